The van der Waals surface area contributed by atoms with Gasteiger partial charge in [-0.25, -0.2) is 0 Å². The van der Waals surface area contributed by atoms with Crippen molar-refractivity contribution in [2.24, 2.45) is 5.41 Å². The van der Waals surface area contributed by atoms with Crippen LogP contribution < -0.4 is 5.32 Å². The van der Waals surface area contributed by atoms with Crippen molar-refractivity contribution in [3.63, 3.8) is 0 Å². The van der Waals surface area contributed by atoms with Gasteiger partial charge in [-0.2, -0.15) is 0 Å². The van der Waals surface area contributed by atoms with Crippen LogP contribution in [0.4, 0.5) is 0 Å². The fraction of sp³-hybridized carbons (Fsp3) is 0.667. The lowest BCUT2D eigenvalue weighted by molar-refractivity contribution is -0.148. The van der Waals surface area contributed by atoms with Crippen LogP contribution in [0.25, 0.3) is 0 Å². The summed E-state index contributed by atoms with van der Waals surface area (Å²) in [5, 5.41) is 19.4. The summed E-state index contributed by atoms with van der Waals surface area (Å²) in [4.78, 5) is 23.0. The van der Waals surface area contributed by atoms with Crippen LogP contribution in [0.15, 0.2) is 12.4 Å². The highest BCUT2D eigenvalue weighted by Gasteiger charge is 2.41. The van der Waals surface area contributed by atoms with Crippen LogP contribution in [0.5, 0.6) is 0 Å². The number of carboxylic acid groups (broad SMARTS) is 1. The molecular weight excluding hydrogens is 248 g/mol. The molecule has 1 saturated carbocycles. The zero-order valence-corrected chi connectivity index (χ0v) is 10.7. The Hall–Kier alpha value is -1.92. The molecule has 0 aliphatic heterocycles. The van der Waals surface area contributed by atoms with Crippen LogP contribution in [0.2, 0.25) is 0 Å². The maximum atomic E-state index is 11.7. The lowest BCUT2D eigenvalue weighted by Crippen LogP contribution is -2.41. The highest BCUT2D eigenvalue weighted by molar-refractivity contribution is 5.79. The smallest absolute Gasteiger partial charge is 0.311 e. The van der Waals surface area contributed by atoms with Crippen molar-refractivity contribution in [3.8, 4) is 0 Å². The third-order valence-corrected chi connectivity index (χ3v) is 3.68. The molecule has 0 bridgehead atoms. The van der Waals surface area contributed by atoms with Gasteiger partial charge in [0.2, 0.25) is 5.91 Å². The van der Waals surface area contributed by atoms with Gasteiger partial charge in [-0.1, -0.05) is 18.1 Å². The Labute approximate surface area is 111 Å². The minimum absolute atomic E-state index is 0.150. The molecule has 1 heterocycles. The van der Waals surface area contributed by atoms with Gasteiger partial charge < -0.3 is 10.4 Å². The van der Waals surface area contributed by atoms with Crippen LogP contribution in [-0.4, -0.2) is 38.5 Å². The number of carbonyl (C=O) groups is 2. The number of hydrogen-bond donors (Lipinski definition) is 2. The molecule has 2 rings (SSSR count). The second-order valence-electron chi connectivity index (χ2n) is 4.99. The Bertz CT molecular complexity index is 438. The minimum atomic E-state index is -0.804. The summed E-state index contributed by atoms with van der Waals surface area (Å²) in [7, 11) is 0. The highest BCUT2D eigenvalue weighted by Crippen LogP contribution is 2.37. The summed E-state index contributed by atoms with van der Waals surface area (Å²) in [6, 6.07) is 0. The number of carboxylic acids is 1. The van der Waals surface area contributed by atoms with E-state index >= 15 is 0 Å². The van der Waals surface area contributed by atoms with Crippen molar-refractivity contribution in [1.29, 1.82) is 0 Å². The molecule has 19 heavy (non-hydrogen) atoms. The summed E-state index contributed by atoms with van der Waals surface area (Å²) in [6.07, 6.45) is 6.64. The fourth-order valence-corrected chi connectivity index (χ4v) is 2.44. The largest absolute Gasteiger partial charge is 0.481 e. The number of aryl methyl sites for hydroxylation is 1. The first-order valence-electron chi connectivity index (χ1n) is 6.47. The summed E-state index contributed by atoms with van der Waals surface area (Å²) in [5.74, 6) is -0.954. The van der Waals surface area contributed by atoms with E-state index in [0.717, 1.165) is 12.8 Å². The quantitative estimate of drug-likeness (QED) is 0.778. The minimum Gasteiger partial charge on any atom is -0.481 e. The molecule has 0 aromatic carbocycles. The van der Waals surface area contributed by atoms with Crippen molar-refractivity contribution in [3.05, 3.63) is 12.4 Å². The average molecular weight is 266 g/mol. The summed E-state index contributed by atoms with van der Waals surface area (Å²) in [6.45, 7) is 0.671. The Morgan fingerprint density at radius 2 is 2.11 bits per heavy atom. The standard InChI is InChI=1S/C12H18N4O3/c17-10(3-7-16-8-6-14-15-16)13-9-12(11(18)19)4-1-2-5-12/h6,8H,1-5,7,9H2,(H,13,17)(H,18,19). The molecule has 7 nitrogen and oxygen atoms in total. The predicted molar refractivity (Wildman–Crippen MR) is 66.2 cm³/mol. The van der Waals surface area contributed by atoms with Gasteiger partial charge in [0.05, 0.1) is 18.2 Å². The molecule has 0 atom stereocenters. The van der Waals surface area contributed by atoms with Gasteiger partial charge in [-0.3, -0.25) is 14.3 Å². The second-order valence-corrected chi connectivity index (χ2v) is 4.99. The van der Waals surface area contributed by atoms with Crippen LogP contribution in [0.1, 0.15) is 32.1 Å². The number of aromatic nitrogens is 3. The molecule has 1 fully saturated rings. The third-order valence-electron chi connectivity index (χ3n) is 3.68. The topological polar surface area (TPSA) is 97.1 Å². The van der Waals surface area contributed by atoms with E-state index in [2.05, 4.69) is 15.6 Å². The molecule has 1 aromatic rings. The lowest BCUT2D eigenvalue weighted by Gasteiger charge is -2.23. The maximum absolute atomic E-state index is 11.7. The van der Waals surface area contributed by atoms with E-state index in [1.54, 1.807) is 17.1 Å². The zero-order valence-electron chi connectivity index (χ0n) is 10.7. The number of nitrogens with one attached hydrogen (secondary N) is 1. The molecule has 1 aliphatic rings. The molecule has 1 aromatic heterocycles. The molecule has 0 radical (unpaired) electrons. The van der Waals surface area contributed by atoms with E-state index < -0.39 is 11.4 Å². The molecule has 0 unspecified atom stereocenters. The van der Waals surface area contributed by atoms with E-state index in [9.17, 15) is 14.7 Å². The summed E-state index contributed by atoms with van der Waals surface area (Å²) < 4.78 is 1.57. The molecular formula is C12H18N4O3. The average Bonchev–Trinajstić information content (AvgIpc) is 3.05. The van der Waals surface area contributed by atoms with Crippen LogP contribution in [-0.2, 0) is 16.1 Å². The zero-order chi connectivity index (χ0) is 13.7. The van der Waals surface area contributed by atoms with Crippen LogP contribution in [0.3, 0.4) is 0 Å². The molecule has 0 saturated heterocycles. The lowest BCUT2D eigenvalue weighted by atomic mass is 9.86. The third kappa shape index (κ3) is 3.30. The summed E-state index contributed by atoms with van der Waals surface area (Å²) >= 11 is 0. The van der Waals surface area contributed by atoms with Crippen molar-refractivity contribution < 1.29 is 14.7 Å². The van der Waals surface area contributed by atoms with E-state index in [4.69, 9.17) is 0 Å². The van der Waals surface area contributed by atoms with Crippen LogP contribution >= 0.6 is 0 Å². The number of amides is 1. The first-order chi connectivity index (χ1) is 9.12. The fourth-order valence-electron chi connectivity index (χ4n) is 2.44. The number of nitrogens with zero attached hydrogens (tertiary/aromatic N) is 3. The first-order valence-corrected chi connectivity index (χ1v) is 6.47. The van der Waals surface area contributed by atoms with Crippen LogP contribution in [0, 0.1) is 5.41 Å². The Balaban J connectivity index is 1.77. The Kier molecular flexibility index (Phi) is 4.13. The Morgan fingerprint density at radius 3 is 2.68 bits per heavy atom. The molecule has 1 amide bonds. The number of hydrogen-bond acceptors (Lipinski definition) is 4. The SMILES string of the molecule is O=C(CCn1ccnn1)NCC1(C(=O)O)CCCC1. The highest BCUT2D eigenvalue weighted by atomic mass is 16.4. The Morgan fingerprint density at radius 1 is 1.37 bits per heavy atom. The molecule has 2 N–H and O–H groups in total. The number of carbonyl (C=O) groups excluding carboxylic acids is 1. The van der Waals surface area contributed by atoms with Crippen molar-refractivity contribution >= 4 is 11.9 Å². The predicted octanol–water partition coefficient (Wildman–Crippen LogP) is 0.429. The van der Waals surface area contributed by atoms with Gasteiger partial charge in [0.25, 0.3) is 0 Å². The first kappa shape index (κ1) is 13.5. The number of aliphatic carboxylic acids is 1. The number of rotatable bonds is 6. The van der Waals surface area contributed by atoms with Gasteiger partial charge in [0.15, 0.2) is 0 Å². The van der Waals surface area contributed by atoms with E-state index in [-0.39, 0.29) is 18.9 Å². The molecule has 104 valence electrons. The molecule has 1 aliphatic carbocycles. The van der Waals surface area contributed by atoms with Gasteiger partial charge in [-0.05, 0) is 12.8 Å². The van der Waals surface area contributed by atoms with Gasteiger partial charge in [0, 0.05) is 19.2 Å². The van der Waals surface area contributed by atoms with Gasteiger partial charge in [-0.15, -0.1) is 5.10 Å². The van der Waals surface area contributed by atoms with Gasteiger partial charge >= 0.3 is 5.97 Å². The van der Waals surface area contributed by atoms with Crippen molar-refractivity contribution in [1.82, 2.24) is 20.3 Å². The van der Waals surface area contributed by atoms with Crippen molar-refractivity contribution in [2.45, 2.75) is 38.6 Å². The van der Waals surface area contributed by atoms with E-state index in [1.165, 1.54) is 0 Å². The second kappa shape index (κ2) is 5.81. The maximum Gasteiger partial charge on any atom is 0.311 e. The van der Waals surface area contributed by atoms with Crippen molar-refractivity contribution in [2.75, 3.05) is 6.54 Å². The normalized spacial score (nSPS) is 17.3. The van der Waals surface area contributed by atoms with E-state index in [1.807, 2.05) is 0 Å². The molecule has 0 spiro atoms. The monoisotopic (exact) mass is 266 g/mol. The van der Waals surface area contributed by atoms with E-state index in [0.29, 0.717) is 19.4 Å². The molecule has 7 heteroatoms. The summed E-state index contributed by atoms with van der Waals surface area (Å²) in [5.41, 5.74) is -0.761. The van der Waals surface area contributed by atoms with Gasteiger partial charge in [0.1, 0.15) is 0 Å².